The standard InChI is InChI=1S/C8H10ClOP/c9-6-7-11(10)8-4-2-1-3-5-8/h1-5,11H,6-7H2. The normalized spacial score (nSPS) is 12.8. The topological polar surface area (TPSA) is 17.1 Å². The number of benzene rings is 1. The number of alkyl halides is 1. The third-order valence-corrected chi connectivity index (χ3v) is 3.60. The van der Waals surface area contributed by atoms with Gasteiger partial charge in [-0.15, -0.1) is 11.6 Å². The molecule has 0 spiro atoms. The predicted molar refractivity (Wildman–Crippen MR) is 50.7 cm³/mol. The Kier molecular flexibility index (Phi) is 3.68. The largest absolute Gasteiger partial charge is 0.322 e. The van der Waals surface area contributed by atoms with Gasteiger partial charge in [-0.3, -0.25) is 0 Å². The number of rotatable bonds is 3. The zero-order valence-electron chi connectivity index (χ0n) is 6.09. The highest BCUT2D eigenvalue weighted by molar-refractivity contribution is 7.53. The molecule has 1 nitrogen and oxygen atoms in total. The Morgan fingerprint density at radius 1 is 1.27 bits per heavy atom. The second-order valence-corrected chi connectivity index (χ2v) is 4.53. The highest BCUT2D eigenvalue weighted by Crippen LogP contribution is 2.18. The van der Waals surface area contributed by atoms with Gasteiger partial charge in [0.25, 0.3) is 0 Å². The van der Waals surface area contributed by atoms with Gasteiger partial charge in [-0.2, -0.15) is 0 Å². The maximum absolute atomic E-state index is 11.3. The predicted octanol–water partition coefficient (Wildman–Crippen LogP) is 2.11. The molecular weight excluding hydrogens is 179 g/mol. The van der Waals surface area contributed by atoms with Crippen LogP contribution in [0.5, 0.6) is 0 Å². The summed E-state index contributed by atoms with van der Waals surface area (Å²) in [6.45, 7) is 0. The Morgan fingerprint density at radius 2 is 1.91 bits per heavy atom. The first-order chi connectivity index (χ1) is 5.34. The van der Waals surface area contributed by atoms with Crippen molar-refractivity contribution in [3.63, 3.8) is 0 Å². The van der Waals surface area contributed by atoms with Crippen LogP contribution in [-0.2, 0) is 4.57 Å². The summed E-state index contributed by atoms with van der Waals surface area (Å²) in [7, 11) is -1.60. The second-order valence-electron chi connectivity index (χ2n) is 2.23. The lowest BCUT2D eigenvalue weighted by molar-refractivity contribution is 0.594. The number of hydrogen-bond donors (Lipinski definition) is 0. The molecule has 0 heterocycles. The summed E-state index contributed by atoms with van der Waals surface area (Å²) in [6, 6.07) is 9.47. The Hall–Kier alpha value is -0.260. The van der Waals surface area contributed by atoms with Crippen LogP contribution >= 0.6 is 19.4 Å². The molecule has 0 N–H and O–H groups in total. The fraction of sp³-hybridized carbons (Fsp3) is 0.250. The van der Waals surface area contributed by atoms with E-state index < -0.39 is 7.80 Å². The minimum absolute atomic E-state index is 0.479. The molecule has 0 amide bonds. The van der Waals surface area contributed by atoms with Gasteiger partial charge in [0.05, 0.1) is 0 Å². The smallest absolute Gasteiger partial charge is 0.105 e. The van der Waals surface area contributed by atoms with Crippen molar-refractivity contribution >= 4 is 24.7 Å². The van der Waals surface area contributed by atoms with E-state index in [9.17, 15) is 4.57 Å². The molecule has 1 aromatic rings. The van der Waals surface area contributed by atoms with E-state index in [1.165, 1.54) is 0 Å². The Labute approximate surface area is 72.2 Å². The van der Waals surface area contributed by atoms with E-state index in [0.29, 0.717) is 12.0 Å². The SMILES string of the molecule is O=[PH](CCCl)c1ccccc1. The van der Waals surface area contributed by atoms with Crippen molar-refractivity contribution < 1.29 is 4.57 Å². The molecule has 1 atom stereocenters. The van der Waals surface area contributed by atoms with Gasteiger partial charge in [0, 0.05) is 17.3 Å². The average Bonchev–Trinajstić information content (AvgIpc) is 2.07. The van der Waals surface area contributed by atoms with Crippen LogP contribution in [0.25, 0.3) is 0 Å². The van der Waals surface area contributed by atoms with Gasteiger partial charge >= 0.3 is 0 Å². The molecule has 0 aliphatic heterocycles. The summed E-state index contributed by atoms with van der Waals surface area (Å²) in [6.07, 6.45) is 0.607. The van der Waals surface area contributed by atoms with Crippen molar-refractivity contribution in [3.05, 3.63) is 30.3 Å². The molecule has 0 saturated carbocycles. The van der Waals surface area contributed by atoms with Gasteiger partial charge in [-0.05, 0) is 0 Å². The van der Waals surface area contributed by atoms with E-state index in [1.807, 2.05) is 30.3 Å². The molecule has 0 radical (unpaired) electrons. The molecule has 1 rings (SSSR count). The maximum Gasteiger partial charge on any atom is 0.105 e. The molecule has 0 fully saturated rings. The third-order valence-electron chi connectivity index (χ3n) is 1.42. The Bertz CT molecular complexity index is 235. The average molecular weight is 189 g/mol. The molecule has 11 heavy (non-hydrogen) atoms. The van der Waals surface area contributed by atoms with Crippen molar-refractivity contribution in [1.82, 2.24) is 0 Å². The molecule has 0 saturated heterocycles. The first-order valence-electron chi connectivity index (χ1n) is 3.49. The van der Waals surface area contributed by atoms with Crippen LogP contribution in [0.1, 0.15) is 0 Å². The molecular formula is C8H10ClOP. The quantitative estimate of drug-likeness (QED) is 0.525. The van der Waals surface area contributed by atoms with Gasteiger partial charge in [-0.1, -0.05) is 30.3 Å². The minimum Gasteiger partial charge on any atom is -0.322 e. The van der Waals surface area contributed by atoms with Crippen LogP contribution in [-0.4, -0.2) is 12.0 Å². The fourth-order valence-electron chi connectivity index (χ4n) is 0.854. The summed E-state index contributed by atoms with van der Waals surface area (Å²) in [4.78, 5) is 0. The molecule has 0 aliphatic carbocycles. The van der Waals surface area contributed by atoms with Crippen LogP contribution in [0.2, 0.25) is 0 Å². The van der Waals surface area contributed by atoms with E-state index in [0.717, 1.165) is 5.30 Å². The summed E-state index contributed by atoms with van der Waals surface area (Å²) in [5.74, 6) is 0.479. The fourth-order valence-corrected chi connectivity index (χ4v) is 2.39. The molecule has 3 heteroatoms. The zero-order chi connectivity index (χ0) is 8.10. The summed E-state index contributed by atoms with van der Waals surface area (Å²) < 4.78 is 11.3. The zero-order valence-corrected chi connectivity index (χ0v) is 7.84. The van der Waals surface area contributed by atoms with Crippen LogP contribution in [0, 0.1) is 0 Å². The lowest BCUT2D eigenvalue weighted by atomic mass is 10.4. The van der Waals surface area contributed by atoms with Crippen LogP contribution in [0.15, 0.2) is 30.3 Å². The lowest BCUT2D eigenvalue weighted by Gasteiger charge is -1.97. The van der Waals surface area contributed by atoms with Gasteiger partial charge in [0.2, 0.25) is 0 Å². The minimum atomic E-state index is -1.60. The van der Waals surface area contributed by atoms with Gasteiger partial charge in [-0.25, -0.2) is 0 Å². The summed E-state index contributed by atoms with van der Waals surface area (Å²) >= 11 is 5.47. The first-order valence-corrected chi connectivity index (χ1v) is 5.64. The molecule has 0 bridgehead atoms. The molecule has 1 unspecified atom stereocenters. The Morgan fingerprint density at radius 3 is 2.45 bits per heavy atom. The van der Waals surface area contributed by atoms with Crippen molar-refractivity contribution in [2.45, 2.75) is 0 Å². The molecule has 60 valence electrons. The number of halogens is 1. The van der Waals surface area contributed by atoms with E-state index in [4.69, 9.17) is 11.6 Å². The van der Waals surface area contributed by atoms with E-state index in [2.05, 4.69) is 0 Å². The van der Waals surface area contributed by atoms with Crippen molar-refractivity contribution in [2.24, 2.45) is 0 Å². The highest BCUT2D eigenvalue weighted by atomic mass is 35.5. The van der Waals surface area contributed by atoms with Crippen LogP contribution < -0.4 is 5.30 Å². The lowest BCUT2D eigenvalue weighted by Crippen LogP contribution is -1.96. The van der Waals surface area contributed by atoms with Crippen molar-refractivity contribution in [3.8, 4) is 0 Å². The molecule has 0 aliphatic rings. The van der Waals surface area contributed by atoms with Gasteiger partial charge < -0.3 is 4.57 Å². The second kappa shape index (κ2) is 4.58. The van der Waals surface area contributed by atoms with E-state index in [1.54, 1.807) is 0 Å². The highest BCUT2D eigenvalue weighted by Gasteiger charge is 1.99. The first kappa shape index (κ1) is 8.83. The van der Waals surface area contributed by atoms with E-state index in [-0.39, 0.29) is 0 Å². The molecule has 0 aromatic heterocycles. The van der Waals surface area contributed by atoms with E-state index >= 15 is 0 Å². The Balaban J connectivity index is 2.69. The van der Waals surface area contributed by atoms with Crippen molar-refractivity contribution in [2.75, 3.05) is 12.0 Å². The number of hydrogen-bond acceptors (Lipinski definition) is 1. The monoisotopic (exact) mass is 188 g/mol. The van der Waals surface area contributed by atoms with Crippen LogP contribution in [0.3, 0.4) is 0 Å². The molecule has 1 aromatic carbocycles. The maximum atomic E-state index is 11.3. The summed E-state index contributed by atoms with van der Waals surface area (Å²) in [5, 5.41) is 0.929. The summed E-state index contributed by atoms with van der Waals surface area (Å²) in [5.41, 5.74) is 0. The van der Waals surface area contributed by atoms with Crippen molar-refractivity contribution in [1.29, 1.82) is 0 Å². The van der Waals surface area contributed by atoms with Gasteiger partial charge in [0.15, 0.2) is 0 Å². The van der Waals surface area contributed by atoms with Gasteiger partial charge in [0.1, 0.15) is 7.80 Å². The third kappa shape index (κ3) is 2.69. The van der Waals surface area contributed by atoms with Crippen LogP contribution in [0.4, 0.5) is 0 Å².